The van der Waals surface area contributed by atoms with Crippen molar-refractivity contribution in [2.24, 2.45) is 5.92 Å². The van der Waals surface area contributed by atoms with Crippen LogP contribution in [-0.2, 0) is 4.79 Å². The van der Waals surface area contributed by atoms with Gasteiger partial charge < -0.3 is 15.3 Å². The van der Waals surface area contributed by atoms with E-state index in [1.165, 1.54) is 0 Å². The number of carboxylic acids is 1. The fourth-order valence-electron chi connectivity index (χ4n) is 0.836. The third-order valence-corrected chi connectivity index (χ3v) is 1.71. The van der Waals surface area contributed by atoms with Gasteiger partial charge in [-0.1, -0.05) is 13.5 Å². The molecule has 0 aliphatic carbocycles. The zero-order chi connectivity index (χ0) is 9.72. The number of hydrogen-bond acceptors (Lipinski definition) is 3. The van der Waals surface area contributed by atoms with Crippen molar-refractivity contribution >= 4 is 5.97 Å². The van der Waals surface area contributed by atoms with Crippen molar-refractivity contribution in [3.8, 4) is 0 Å². The number of hydrogen-bond donors (Lipinski definition) is 3. The molecule has 0 amide bonds. The highest BCUT2D eigenvalue weighted by atomic mass is 16.4. The standard InChI is InChI=1S/C8H14O4/c1-5(3-7(10)4-9)6(2)8(11)12/h5,7,9-10H,2-4H2,1H3,(H,11,12). The van der Waals surface area contributed by atoms with Crippen LogP contribution in [-0.4, -0.2) is 34.0 Å². The smallest absolute Gasteiger partial charge is 0.331 e. The van der Waals surface area contributed by atoms with Crippen molar-refractivity contribution in [2.75, 3.05) is 6.61 Å². The van der Waals surface area contributed by atoms with Gasteiger partial charge in [-0.3, -0.25) is 0 Å². The molecule has 0 aliphatic rings. The number of carbonyl (C=O) groups is 1. The molecule has 12 heavy (non-hydrogen) atoms. The first kappa shape index (κ1) is 11.1. The number of carboxylic acid groups (broad SMARTS) is 1. The van der Waals surface area contributed by atoms with Crippen LogP contribution in [0.5, 0.6) is 0 Å². The van der Waals surface area contributed by atoms with Crippen LogP contribution < -0.4 is 0 Å². The van der Waals surface area contributed by atoms with Crippen LogP contribution in [0.3, 0.4) is 0 Å². The lowest BCUT2D eigenvalue weighted by atomic mass is 9.96. The van der Waals surface area contributed by atoms with Gasteiger partial charge >= 0.3 is 5.97 Å². The predicted octanol–water partition coefficient (Wildman–Crippen LogP) is 0.00660. The second-order valence-corrected chi connectivity index (χ2v) is 2.80. The molecule has 0 aromatic carbocycles. The molecule has 2 unspecified atom stereocenters. The lowest BCUT2D eigenvalue weighted by molar-refractivity contribution is -0.133. The summed E-state index contributed by atoms with van der Waals surface area (Å²) >= 11 is 0. The van der Waals surface area contributed by atoms with E-state index in [9.17, 15) is 4.79 Å². The van der Waals surface area contributed by atoms with E-state index in [0.29, 0.717) is 0 Å². The minimum absolute atomic E-state index is 0.0579. The Morgan fingerprint density at radius 2 is 2.08 bits per heavy atom. The van der Waals surface area contributed by atoms with Crippen LogP contribution in [0.2, 0.25) is 0 Å². The highest BCUT2D eigenvalue weighted by Crippen LogP contribution is 2.14. The Kier molecular flexibility index (Phi) is 4.54. The van der Waals surface area contributed by atoms with E-state index in [2.05, 4.69) is 6.58 Å². The highest BCUT2D eigenvalue weighted by molar-refractivity contribution is 5.86. The maximum Gasteiger partial charge on any atom is 0.331 e. The Morgan fingerprint density at radius 3 is 2.42 bits per heavy atom. The molecule has 0 rings (SSSR count). The molecule has 2 atom stereocenters. The highest BCUT2D eigenvalue weighted by Gasteiger charge is 2.16. The number of rotatable bonds is 5. The van der Waals surface area contributed by atoms with Crippen LogP contribution in [0.1, 0.15) is 13.3 Å². The van der Waals surface area contributed by atoms with Gasteiger partial charge in [-0.05, 0) is 12.3 Å². The molecule has 0 saturated heterocycles. The fourth-order valence-corrected chi connectivity index (χ4v) is 0.836. The van der Waals surface area contributed by atoms with Gasteiger partial charge in [0.1, 0.15) is 0 Å². The third kappa shape index (κ3) is 3.50. The molecule has 0 aliphatic heterocycles. The Morgan fingerprint density at radius 1 is 1.58 bits per heavy atom. The van der Waals surface area contributed by atoms with E-state index < -0.39 is 12.1 Å². The third-order valence-electron chi connectivity index (χ3n) is 1.71. The van der Waals surface area contributed by atoms with Crippen LogP contribution in [0, 0.1) is 5.92 Å². The fraction of sp³-hybridized carbons (Fsp3) is 0.625. The zero-order valence-electron chi connectivity index (χ0n) is 7.03. The monoisotopic (exact) mass is 174 g/mol. The lowest BCUT2D eigenvalue weighted by Gasteiger charge is -2.13. The van der Waals surface area contributed by atoms with E-state index >= 15 is 0 Å². The van der Waals surface area contributed by atoms with E-state index in [0.717, 1.165) is 0 Å². The summed E-state index contributed by atoms with van der Waals surface area (Å²) in [6.45, 7) is 4.65. The lowest BCUT2D eigenvalue weighted by Crippen LogP contribution is -2.19. The maximum absolute atomic E-state index is 10.4. The Hall–Kier alpha value is -0.870. The summed E-state index contributed by atoms with van der Waals surface area (Å²) in [5, 5.41) is 25.9. The Bertz CT molecular complexity index is 176. The molecule has 0 saturated carbocycles. The van der Waals surface area contributed by atoms with Crippen molar-refractivity contribution in [3.05, 3.63) is 12.2 Å². The Labute approximate surface area is 71.1 Å². The van der Waals surface area contributed by atoms with Gasteiger partial charge in [0.15, 0.2) is 0 Å². The Balaban J connectivity index is 3.95. The summed E-state index contributed by atoms with van der Waals surface area (Å²) in [6, 6.07) is 0. The van der Waals surface area contributed by atoms with Gasteiger partial charge in [0.25, 0.3) is 0 Å². The topological polar surface area (TPSA) is 77.8 Å². The van der Waals surface area contributed by atoms with E-state index in [-0.39, 0.29) is 24.5 Å². The van der Waals surface area contributed by atoms with E-state index in [4.69, 9.17) is 15.3 Å². The molecular formula is C8H14O4. The first-order chi connectivity index (χ1) is 5.49. The molecular weight excluding hydrogens is 160 g/mol. The van der Waals surface area contributed by atoms with E-state index in [1.807, 2.05) is 0 Å². The summed E-state index contributed by atoms with van der Waals surface area (Å²) < 4.78 is 0. The number of aliphatic hydroxyl groups excluding tert-OH is 2. The van der Waals surface area contributed by atoms with E-state index in [1.54, 1.807) is 6.92 Å². The normalized spacial score (nSPS) is 15.2. The average Bonchev–Trinajstić information content (AvgIpc) is 2.02. The second kappa shape index (κ2) is 4.90. The molecule has 0 bridgehead atoms. The first-order valence-electron chi connectivity index (χ1n) is 3.70. The SMILES string of the molecule is C=C(C(=O)O)C(C)CC(O)CO. The molecule has 0 aromatic rings. The molecule has 70 valence electrons. The van der Waals surface area contributed by atoms with Crippen LogP contribution >= 0.6 is 0 Å². The summed E-state index contributed by atoms with van der Waals surface area (Å²) in [7, 11) is 0. The van der Waals surface area contributed by atoms with Gasteiger partial charge in [0.05, 0.1) is 12.7 Å². The quantitative estimate of drug-likeness (QED) is 0.513. The molecule has 4 nitrogen and oxygen atoms in total. The molecule has 4 heteroatoms. The summed E-state index contributed by atoms with van der Waals surface area (Å²) in [4.78, 5) is 10.4. The van der Waals surface area contributed by atoms with Crippen molar-refractivity contribution in [1.29, 1.82) is 0 Å². The van der Waals surface area contributed by atoms with Gasteiger partial charge in [-0.2, -0.15) is 0 Å². The molecule has 0 radical (unpaired) electrons. The molecule has 0 heterocycles. The van der Waals surface area contributed by atoms with Crippen LogP contribution in [0.4, 0.5) is 0 Å². The molecule has 3 N–H and O–H groups in total. The van der Waals surface area contributed by atoms with Crippen molar-refractivity contribution < 1.29 is 20.1 Å². The minimum atomic E-state index is -1.06. The largest absolute Gasteiger partial charge is 0.478 e. The van der Waals surface area contributed by atoms with Crippen molar-refractivity contribution in [2.45, 2.75) is 19.4 Å². The summed E-state index contributed by atoms with van der Waals surface area (Å²) in [6.07, 6.45) is -0.641. The zero-order valence-corrected chi connectivity index (χ0v) is 7.03. The van der Waals surface area contributed by atoms with Crippen LogP contribution in [0.25, 0.3) is 0 Å². The first-order valence-corrected chi connectivity index (χ1v) is 3.70. The van der Waals surface area contributed by atoms with Crippen LogP contribution in [0.15, 0.2) is 12.2 Å². The number of aliphatic carboxylic acids is 1. The predicted molar refractivity (Wildman–Crippen MR) is 43.6 cm³/mol. The average molecular weight is 174 g/mol. The minimum Gasteiger partial charge on any atom is -0.478 e. The molecule has 0 fully saturated rings. The van der Waals surface area contributed by atoms with Gasteiger partial charge in [0, 0.05) is 5.57 Å². The maximum atomic E-state index is 10.4. The number of aliphatic hydroxyl groups is 2. The summed E-state index contributed by atoms with van der Waals surface area (Å²) in [5.74, 6) is -1.38. The molecule has 0 spiro atoms. The van der Waals surface area contributed by atoms with Gasteiger partial charge in [-0.15, -0.1) is 0 Å². The second-order valence-electron chi connectivity index (χ2n) is 2.80. The van der Waals surface area contributed by atoms with Crippen molar-refractivity contribution in [1.82, 2.24) is 0 Å². The summed E-state index contributed by atoms with van der Waals surface area (Å²) in [5.41, 5.74) is 0.0579. The van der Waals surface area contributed by atoms with Gasteiger partial charge in [0.2, 0.25) is 0 Å². The molecule has 0 aromatic heterocycles. The van der Waals surface area contributed by atoms with Crippen molar-refractivity contribution in [3.63, 3.8) is 0 Å². The van der Waals surface area contributed by atoms with Gasteiger partial charge in [-0.25, -0.2) is 4.79 Å².